The van der Waals surface area contributed by atoms with Gasteiger partial charge in [0.2, 0.25) is 0 Å². The van der Waals surface area contributed by atoms with Gasteiger partial charge in [-0.15, -0.1) is 0 Å². The fourth-order valence-corrected chi connectivity index (χ4v) is 1.43. The van der Waals surface area contributed by atoms with Crippen molar-refractivity contribution in [2.45, 2.75) is 6.92 Å². The minimum absolute atomic E-state index is 0.330. The van der Waals surface area contributed by atoms with Crippen molar-refractivity contribution in [2.24, 2.45) is 0 Å². The van der Waals surface area contributed by atoms with E-state index in [1.165, 1.54) is 12.2 Å². The lowest BCUT2D eigenvalue weighted by molar-refractivity contribution is -0.137. The van der Waals surface area contributed by atoms with E-state index in [9.17, 15) is 4.79 Å². The minimum Gasteiger partial charge on any atom is -0.463 e. The third-order valence-electron chi connectivity index (χ3n) is 1.66. The molecule has 0 aliphatic rings. The Balaban J connectivity index is 2.89. The molecule has 0 atom stereocenters. The number of nitrogens with zero attached hydrogens (tertiary/aromatic N) is 1. The van der Waals surface area contributed by atoms with Crippen LogP contribution in [0.15, 0.2) is 16.7 Å². The molecule has 86 valence electrons. The number of nitrogen functional groups attached to an aromatic ring is 1. The van der Waals surface area contributed by atoms with Gasteiger partial charge in [0.25, 0.3) is 0 Å². The highest BCUT2D eigenvalue weighted by Crippen LogP contribution is 2.25. The van der Waals surface area contributed by atoms with E-state index < -0.39 is 5.97 Å². The SMILES string of the molecule is CCOC(=O)/C=C/c1nc(Br)c(Cl)cc1N. The maximum absolute atomic E-state index is 11.1. The molecule has 6 heteroatoms. The van der Waals surface area contributed by atoms with Gasteiger partial charge >= 0.3 is 5.97 Å². The Bertz CT molecular complexity index is 435. The number of hydrogen-bond donors (Lipinski definition) is 1. The molecule has 0 saturated carbocycles. The van der Waals surface area contributed by atoms with Crippen LogP contribution in [0.4, 0.5) is 5.69 Å². The topological polar surface area (TPSA) is 65.2 Å². The van der Waals surface area contributed by atoms with Gasteiger partial charge in [-0.05, 0) is 35.0 Å². The number of esters is 1. The number of rotatable bonds is 3. The van der Waals surface area contributed by atoms with Crippen molar-refractivity contribution < 1.29 is 9.53 Å². The lowest BCUT2D eigenvalue weighted by Crippen LogP contribution is -2.00. The number of anilines is 1. The van der Waals surface area contributed by atoms with Crippen molar-refractivity contribution in [3.63, 3.8) is 0 Å². The summed E-state index contributed by atoms with van der Waals surface area (Å²) in [5.41, 5.74) is 6.54. The van der Waals surface area contributed by atoms with Crippen LogP contribution >= 0.6 is 27.5 Å². The first-order valence-corrected chi connectivity index (χ1v) is 5.68. The second-order valence-electron chi connectivity index (χ2n) is 2.82. The van der Waals surface area contributed by atoms with Gasteiger partial charge in [0, 0.05) is 6.08 Å². The van der Waals surface area contributed by atoms with E-state index in [-0.39, 0.29) is 0 Å². The minimum atomic E-state index is -0.435. The number of carbonyl (C=O) groups is 1. The van der Waals surface area contributed by atoms with Crippen LogP contribution in [0.25, 0.3) is 6.08 Å². The summed E-state index contributed by atoms with van der Waals surface area (Å²) < 4.78 is 5.20. The summed E-state index contributed by atoms with van der Waals surface area (Å²) in [5, 5.41) is 0.422. The highest BCUT2D eigenvalue weighted by Gasteiger charge is 2.04. The summed E-state index contributed by atoms with van der Waals surface area (Å²) in [6.07, 6.45) is 2.75. The molecule has 0 aromatic carbocycles. The van der Waals surface area contributed by atoms with E-state index in [2.05, 4.69) is 20.9 Å². The molecular weight excluding hydrogens is 295 g/mol. The first-order valence-electron chi connectivity index (χ1n) is 4.51. The quantitative estimate of drug-likeness (QED) is 0.530. The van der Waals surface area contributed by atoms with Crippen molar-refractivity contribution in [2.75, 3.05) is 12.3 Å². The Morgan fingerprint density at radius 1 is 1.75 bits per heavy atom. The molecule has 16 heavy (non-hydrogen) atoms. The molecule has 1 heterocycles. The Morgan fingerprint density at radius 2 is 2.44 bits per heavy atom. The van der Waals surface area contributed by atoms with E-state index in [0.29, 0.717) is 27.6 Å². The maximum Gasteiger partial charge on any atom is 0.330 e. The Hall–Kier alpha value is -1.07. The number of hydrogen-bond acceptors (Lipinski definition) is 4. The lowest BCUT2D eigenvalue weighted by Gasteiger charge is -2.02. The van der Waals surface area contributed by atoms with E-state index in [1.54, 1.807) is 13.0 Å². The van der Waals surface area contributed by atoms with Crippen molar-refractivity contribution in [3.8, 4) is 0 Å². The normalized spacial score (nSPS) is 10.7. The molecule has 0 saturated heterocycles. The number of aromatic nitrogens is 1. The summed E-state index contributed by atoms with van der Waals surface area (Å²) in [4.78, 5) is 15.1. The van der Waals surface area contributed by atoms with E-state index in [0.717, 1.165) is 0 Å². The molecule has 0 aliphatic heterocycles. The molecule has 0 bridgehead atoms. The third-order valence-corrected chi connectivity index (χ3v) is 2.78. The fraction of sp³-hybridized carbons (Fsp3) is 0.200. The monoisotopic (exact) mass is 304 g/mol. The molecule has 0 aliphatic carbocycles. The van der Waals surface area contributed by atoms with Crippen molar-refractivity contribution >= 4 is 45.3 Å². The zero-order valence-electron chi connectivity index (χ0n) is 8.54. The average Bonchev–Trinajstić information content (AvgIpc) is 2.22. The predicted molar refractivity (Wildman–Crippen MR) is 67.0 cm³/mol. The standard InChI is InChI=1S/C10H10BrClN2O2/c1-2-16-9(15)4-3-8-7(13)5-6(12)10(11)14-8/h3-5H,2,13H2,1H3/b4-3+. The van der Waals surface area contributed by atoms with Crippen molar-refractivity contribution in [1.82, 2.24) is 4.98 Å². The summed E-state index contributed by atoms with van der Waals surface area (Å²) in [6.45, 7) is 2.06. The molecule has 1 aromatic rings. The summed E-state index contributed by atoms with van der Waals surface area (Å²) >= 11 is 8.96. The molecule has 0 radical (unpaired) electrons. The largest absolute Gasteiger partial charge is 0.463 e. The molecule has 4 nitrogen and oxygen atoms in total. The van der Waals surface area contributed by atoms with Crippen LogP contribution in [-0.2, 0) is 9.53 Å². The van der Waals surface area contributed by atoms with Gasteiger partial charge in [-0.2, -0.15) is 0 Å². The van der Waals surface area contributed by atoms with Gasteiger partial charge in [0.15, 0.2) is 0 Å². The van der Waals surface area contributed by atoms with Crippen LogP contribution in [0.5, 0.6) is 0 Å². The Kier molecular flexibility index (Phi) is 4.76. The van der Waals surface area contributed by atoms with Gasteiger partial charge in [0.05, 0.1) is 23.0 Å². The van der Waals surface area contributed by atoms with Crippen LogP contribution in [0.2, 0.25) is 5.02 Å². The molecule has 1 aromatic heterocycles. The molecule has 0 spiro atoms. The summed E-state index contributed by atoms with van der Waals surface area (Å²) in [6, 6.07) is 1.56. The second-order valence-corrected chi connectivity index (χ2v) is 3.98. The number of nitrogens with two attached hydrogens (primary N) is 1. The molecule has 0 amide bonds. The average molecular weight is 306 g/mol. The number of pyridine rings is 1. The zero-order chi connectivity index (χ0) is 12.1. The van der Waals surface area contributed by atoms with Gasteiger partial charge in [0.1, 0.15) is 4.60 Å². The van der Waals surface area contributed by atoms with Gasteiger partial charge in [-0.3, -0.25) is 0 Å². The highest BCUT2D eigenvalue weighted by atomic mass is 79.9. The third kappa shape index (κ3) is 3.50. The zero-order valence-corrected chi connectivity index (χ0v) is 10.9. The maximum atomic E-state index is 11.1. The molecule has 1 rings (SSSR count). The van der Waals surface area contributed by atoms with E-state index in [1.807, 2.05) is 0 Å². The van der Waals surface area contributed by atoms with E-state index >= 15 is 0 Å². The Morgan fingerprint density at radius 3 is 3.06 bits per heavy atom. The van der Waals surface area contributed by atoms with Gasteiger partial charge in [-0.1, -0.05) is 11.6 Å². The molecule has 2 N–H and O–H groups in total. The van der Waals surface area contributed by atoms with E-state index in [4.69, 9.17) is 22.1 Å². The molecule has 0 unspecified atom stereocenters. The number of ether oxygens (including phenoxy) is 1. The predicted octanol–water partition coefficient (Wildman–Crippen LogP) is 2.66. The second kappa shape index (κ2) is 5.86. The Labute approximate surface area is 107 Å². The van der Waals surface area contributed by atoms with Crippen molar-refractivity contribution in [3.05, 3.63) is 27.5 Å². The summed E-state index contributed by atoms with van der Waals surface area (Å²) in [5.74, 6) is -0.435. The fourth-order valence-electron chi connectivity index (χ4n) is 0.965. The van der Waals surface area contributed by atoms with Gasteiger partial charge < -0.3 is 10.5 Å². The first-order chi connectivity index (χ1) is 7.54. The van der Waals surface area contributed by atoms with Crippen LogP contribution in [0.3, 0.4) is 0 Å². The van der Waals surface area contributed by atoms with Crippen LogP contribution in [0.1, 0.15) is 12.6 Å². The molecule has 0 fully saturated rings. The summed E-state index contributed by atoms with van der Waals surface area (Å²) in [7, 11) is 0. The van der Waals surface area contributed by atoms with Crippen molar-refractivity contribution in [1.29, 1.82) is 0 Å². The smallest absolute Gasteiger partial charge is 0.330 e. The van der Waals surface area contributed by atoms with Gasteiger partial charge in [-0.25, -0.2) is 9.78 Å². The number of carbonyl (C=O) groups excluding carboxylic acids is 1. The molecular formula is C10H10BrClN2O2. The van der Waals surface area contributed by atoms with Crippen LogP contribution in [0, 0.1) is 0 Å². The lowest BCUT2D eigenvalue weighted by atomic mass is 10.3. The van der Waals surface area contributed by atoms with Crippen LogP contribution in [-0.4, -0.2) is 17.6 Å². The highest BCUT2D eigenvalue weighted by molar-refractivity contribution is 9.10. The van der Waals surface area contributed by atoms with Crippen LogP contribution < -0.4 is 5.73 Å². The first kappa shape index (κ1) is 13.0. The number of halogens is 2.